The van der Waals surface area contributed by atoms with E-state index >= 15 is 0 Å². The molecule has 0 aliphatic heterocycles. The lowest BCUT2D eigenvalue weighted by atomic mass is 10.2. The van der Waals surface area contributed by atoms with Gasteiger partial charge in [-0.15, -0.1) is 11.8 Å². The molecule has 174 valence electrons. The van der Waals surface area contributed by atoms with E-state index < -0.39 is 18.6 Å². The molecule has 1 N–H and O–H groups in total. The molecule has 0 radical (unpaired) electrons. The fourth-order valence-corrected chi connectivity index (χ4v) is 3.00. The molecule has 33 heavy (non-hydrogen) atoms. The third kappa shape index (κ3) is 7.65. The fourth-order valence-electron chi connectivity index (χ4n) is 2.63. The number of aromatic nitrogens is 3. The van der Waals surface area contributed by atoms with Crippen LogP contribution < -0.4 is 14.8 Å². The van der Waals surface area contributed by atoms with E-state index in [4.69, 9.17) is 9.47 Å². The van der Waals surface area contributed by atoms with Crippen LogP contribution in [0.25, 0.3) is 0 Å². The number of rotatable bonds is 10. The summed E-state index contributed by atoms with van der Waals surface area (Å²) in [5.41, 5.74) is 0.917. The SMILES string of the molecule is CSc1ccc(Oc2cc(OC(C)COC(F)F)cc(C(=O)Nc3cnc(C)cn3)c2)cn1. The monoisotopic (exact) mass is 476 g/mol. The van der Waals surface area contributed by atoms with E-state index in [0.29, 0.717) is 17.2 Å². The third-order valence-electron chi connectivity index (χ3n) is 4.11. The lowest BCUT2D eigenvalue weighted by Crippen LogP contribution is -2.21. The smallest absolute Gasteiger partial charge is 0.345 e. The molecule has 0 saturated carbocycles. The van der Waals surface area contributed by atoms with Crippen molar-refractivity contribution in [2.75, 3.05) is 18.2 Å². The van der Waals surface area contributed by atoms with Crippen molar-refractivity contribution in [2.45, 2.75) is 31.6 Å². The number of alkyl halides is 2. The van der Waals surface area contributed by atoms with Gasteiger partial charge in [-0.2, -0.15) is 8.78 Å². The number of nitrogens with one attached hydrogen (secondary N) is 1. The molecule has 0 saturated heterocycles. The summed E-state index contributed by atoms with van der Waals surface area (Å²) in [6.07, 6.45) is 5.73. The standard InChI is InChI=1S/C22H22F2N4O4S/c1-13-9-26-19(11-25-13)28-21(29)15-6-17(31-14(2)12-30-22(23)24)8-18(7-15)32-16-4-5-20(33-3)27-10-16/h4-11,14,22H,12H2,1-3H3,(H,26,28,29). The van der Waals surface area contributed by atoms with E-state index in [1.165, 1.54) is 36.3 Å². The summed E-state index contributed by atoms with van der Waals surface area (Å²) in [7, 11) is 0. The third-order valence-corrected chi connectivity index (χ3v) is 4.77. The molecular formula is C22H22F2N4O4S. The van der Waals surface area contributed by atoms with E-state index in [1.807, 2.05) is 6.26 Å². The predicted molar refractivity (Wildman–Crippen MR) is 119 cm³/mol. The van der Waals surface area contributed by atoms with E-state index in [0.717, 1.165) is 5.03 Å². The van der Waals surface area contributed by atoms with Crippen LogP contribution in [0.3, 0.4) is 0 Å². The zero-order chi connectivity index (χ0) is 23.8. The molecule has 2 aromatic heterocycles. The largest absolute Gasteiger partial charge is 0.488 e. The predicted octanol–water partition coefficient (Wildman–Crippen LogP) is 4.95. The summed E-state index contributed by atoms with van der Waals surface area (Å²) in [6.45, 7) is 0.119. The Bertz CT molecular complexity index is 1070. The maximum absolute atomic E-state index is 12.8. The molecule has 0 aliphatic rings. The van der Waals surface area contributed by atoms with Crippen molar-refractivity contribution in [3.63, 3.8) is 0 Å². The molecule has 0 fully saturated rings. The first-order valence-corrected chi connectivity index (χ1v) is 11.0. The van der Waals surface area contributed by atoms with Gasteiger partial charge in [0.2, 0.25) is 0 Å². The summed E-state index contributed by atoms with van der Waals surface area (Å²) < 4.78 is 40.5. The quantitative estimate of drug-likeness (QED) is 0.411. The topological polar surface area (TPSA) is 95.5 Å². The van der Waals surface area contributed by atoms with Crippen LogP contribution >= 0.6 is 11.8 Å². The van der Waals surface area contributed by atoms with Gasteiger partial charge in [0.1, 0.15) is 23.4 Å². The second kappa shape index (κ2) is 11.5. The van der Waals surface area contributed by atoms with Gasteiger partial charge in [-0.25, -0.2) is 9.97 Å². The van der Waals surface area contributed by atoms with Crippen molar-refractivity contribution in [1.82, 2.24) is 15.0 Å². The van der Waals surface area contributed by atoms with Crippen molar-refractivity contribution in [3.8, 4) is 17.2 Å². The number of benzene rings is 1. The molecule has 1 aromatic carbocycles. The second-order valence-electron chi connectivity index (χ2n) is 6.85. The molecule has 8 nitrogen and oxygen atoms in total. The number of hydrogen-bond acceptors (Lipinski definition) is 8. The highest BCUT2D eigenvalue weighted by Crippen LogP contribution is 2.29. The highest BCUT2D eigenvalue weighted by Gasteiger charge is 2.15. The number of thioether (sulfide) groups is 1. The molecule has 0 aliphatic carbocycles. The van der Waals surface area contributed by atoms with Gasteiger partial charge in [0.25, 0.3) is 5.91 Å². The van der Waals surface area contributed by atoms with Gasteiger partial charge in [0, 0.05) is 11.6 Å². The number of aryl methyl sites for hydroxylation is 1. The number of ether oxygens (including phenoxy) is 3. The minimum absolute atomic E-state index is 0.209. The number of carbonyl (C=O) groups excluding carboxylic acids is 1. The van der Waals surface area contributed by atoms with Gasteiger partial charge in [-0.1, -0.05) is 0 Å². The summed E-state index contributed by atoms with van der Waals surface area (Å²) >= 11 is 1.49. The average Bonchev–Trinajstić information content (AvgIpc) is 2.79. The average molecular weight is 477 g/mol. The van der Waals surface area contributed by atoms with Gasteiger partial charge in [0.05, 0.1) is 35.9 Å². The zero-order valence-corrected chi connectivity index (χ0v) is 18.9. The Balaban J connectivity index is 1.83. The van der Waals surface area contributed by atoms with Crippen LogP contribution in [0.5, 0.6) is 17.2 Å². The summed E-state index contributed by atoms with van der Waals surface area (Å²) in [5, 5.41) is 3.48. The number of nitrogens with zero attached hydrogens (tertiary/aromatic N) is 3. The number of amides is 1. The highest BCUT2D eigenvalue weighted by molar-refractivity contribution is 7.98. The van der Waals surface area contributed by atoms with Crippen LogP contribution in [0.15, 0.2) is 53.9 Å². The summed E-state index contributed by atoms with van der Waals surface area (Å²) in [6, 6.07) is 8.08. The Kier molecular flexibility index (Phi) is 8.50. The summed E-state index contributed by atoms with van der Waals surface area (Å²) in [4.78, 5) is 25.3. The number of halogens is 2. The van der Waals surface area contributed by atoms with Crippen LogP contribution in [-0.4, -0.2) is 46.4 Å². The molecule has 2 heterocycles. The molecule has 11 heteroatoms. The summed E-state index contributed by atoms with van der Waals surface area (Å²) in [5.74, 6) is 0.792. The van der Waals surface area contributed by atoms with Crippen molar-refractivity contribution in [1.29, 1.82) is 0 Å². The van der Waals surface area contributed by atoms with E-state index in [2.05, 4.69) is 25.0 Å². The van der Waals surface area contributed by atoms with Crippen LogP contribution in [0.4, 0.5) is 14.6 Å². The van der Waals surface area contributed by atoms with Gasteiger partial charge in [0.15, 0.2) is 5.82 Å². The fraction of sp³-hybridized carbons (Fsp3) is 0.273. The Labute approximate surface area is 193 Å². The van der Waals surface area contributed by atoms with Gasteiger partial charge >= 0.3 is 6.61 Å². The molecule has 1 unspecified atom stereocenters. The van der Waals surface area contributed by atoms with Gasteiger partial charge in [-0.05, 0) is 44.4 Å². The maximum Gasteiger partial charge on any atom is 0.345 e. The number of anilines is 1. The molecule has 3 aromatic rings. The first-order valence-electron chi connectivity index (χ1n) is 9.82. The molecule has 1 amide bonds. The van der Waals surface area contributed by atoms with Gasteiger partial charge in [-0.3, -0.25) is 9.78 Å². The maximum atomic E-state index is 12.8. The molecule has 0 spiro atoms. The number of pyridine rings is 1. The van der Waals surface area contributed by atoms with Crippen molar-refractivity contribution < 1.29 is 27.8 Å². The van der Waals surface area contributed by atoms with Crippen LogP contribution in [0.1, 0.15) is 23.0 Å². The van der Waals surface area contributed by atoms with Crippen molar-refractivity contribution in [2.24, 2.45) is 0 Å². The second-order valence-corrected chi connectivity index (χ2v) is 7.68. The lowest BCUT2D eigenvalue weighted by Gasteiger charge is -2.17. The minimum atomic E-state index is -2.90. The first kappa shape index (κ1) is 24.3. The van der Waals surface area contributed by atoms with E-state index in [9.17, 15) is 13.6 Å². The van der Waals surface area contributed by atoms with Gasteiger partial charge < -0.3 is 19.5 Å². The molecular weight excluding hydrogens is 454 g/mol. The Morgan fingerprint density at radius 1 is 1.06 bits per heavy atom. The Hall–Kier alpha value is -3.31. The molecule has 0 bridgehead atoms. The first-order chi connectivity index (χ1) is 15.8. The van der Waals surface area contributed by atoms with E-state index in [1.54, 1.807) is 38.2 Å². The van der Waals surface area contributed by atoms with E-state index in [-0.39, 0.29) is 23.7 Å². The van der Waals surface area contributed by atoms with Crippen LogP contribution in [-0.2, 0) is 4.74 Å². The minimum Gasteiger partial charge on any atom is -0.488 e. The van der Waals surface area contributed by atoms with Crippen molar-refractivity contribution in [3.05, 3.63) is 60.2 Å². The molecule has 3 rings (SSSR count). The Morgan fingerprint density at radius 3 is 2.48 bits per heavy atom. The van der Waals surface area contributed by atoms with Crippen molar-refractivity contribution >= 4 is 23.5 Å². The highest BCUT2D eigenvalue weighted by atomic mass is 32.2. The zero-order valence-electron chi connectivity index (χ0n) is 18.1. The number of carbonyl (C=O) groups is 1. The van der Waals surface area contributed by atoms with Crippen LogP contribution in [0.2, 0.25) is 0 Å². The Morgan fingerprint density at radius 2 is 1.85 bits per heavy atom. The molecule has 1 atom stereocenters. The lowest BCUT2D eigenvalue weighted by molar-refractivity contribution is -0.142. The number of hydrogen-bond donors (Lipinski definition) is 1. The van der Waals surface area contributed by atoms with Crippen LogP contribution in [0, 0.1) is 6.92 Å². The normalized spacial score (nSPS) is 11.8.